The first kappa shape index (κ1) is 16.1. The van der Waals surface area contributed by atoms with Crippen molar-refractivity contribution in [1.29, 1.82) is 0 Å². The van der Waals surface area contributed by atoms with Gasteiger partial charge < -0.3 is 25.8 Å². The van der Waals surface area contributed by atoms with Gasteiger partial charge in [0.1, 0.15) is 6.10 Å². The van der Waals surface area contributed by atoms with Crippen LogP contribution < -0.4 is 10.5 Å². The lowest BCUT2D eigenvalue weighted by atomic mass is 10.0. The zero-order valence-corrected chi connectivity index (χ0v) is 9.96. The SMILES string of the molecule is Nc1ccc(C(O)C(O)CC(=O)O)cc1OC(F)(F)F. The first-order chi connectivity index (χ1) is 9.10. The van der Waals surface area contributed by atoms with Gasteiger partial charge in [-0.1, -0.05) is 6.07 Å². The predicted molar refractivity (Wildman–Crippen MR) is 60.8 cm³/mol. The Labute approximate surface area is 111 Å². The van der Waals surface area contributed by atoms with Gasteiger partial charge in [-0.3, -0.25) is 4.79 Å². The summed E-state index contributed by atoms with van der Waals surface area (Å²) in [5, 5.41) is 27.5. The number of hydrogen-bond donors (Lipinski definition) is 4. The predicted octanol–water partition coefficient (Wildman–Crippen LogP) is 1.04. The van der Waals surface area contributed by atoms with Crippen LogP contribution in [0.5, 0.6) is 5.75 Å². The third-order valence-corrected chi connectivity index (χ3v) is 2.35. The van der Waals surface area contributed by atoms with Crippen molar-refractivity contribution < 1.29 is 38.0 Å². The lowest BCUT2D eigenvalue weighted by Crippen LogP contribution is -2.22. The molecule has 0 heterocycles. The van der Waals surface area contributed by atoms with E-state index in [-0.39, 0.29) is 11.3 Å². The molecular formula is C11H12F3NO5. The number of carboxylic acids is 1. The molecule has 0 bridgehead atoms. The summed E-state index contributed by atoms with van der Waals surface area (Å²) in [4.78, 5) is 10.4. The van der Waals surface area contributed by atoms with Crippen LogP contribution in [0.25, 0.3) is 0 Å². The van der Waals surface area contributed by atoms with Gasteiger partial charge in [0.15, 0.2) is 5.75 Å². The summed E-state index contributed by atoms with van der Waals surface area (Å²) in [6.07, 6.45) is -9.07. The number of aliphatic hydroxyl groups is 2. The van der Waals surface area contributed by atoms with Gasteiger partial charge >= 0.3 is 12.3 Å². The number of nitrogen functional groups attached to an aromatic ring is 1. The fourth-order valence-electron chi connectivity index (χ4n) is 1.46. The molecule has 1 aromatic carbocycles. The summed E-state index contributed by atoms with van der Waals surface area (Å²) < 4.78 is 40.0. The molecule has 0 saturated heterocycles. The van der Waals surface area contributed by atoms with Crippen LogP contribution in [-0.2, 0) is 4.79 Å². The topological polar surface area (TPSA) is 113 Å². The largest absolute Gasteiger partial charge is 0.573 e. The fraction of sp³-hybridized carbons (Fsp3) is 0.364. The van der Waals surface area contributed by atoms with Gasteiger partial charge in [0.05, 0.1) is 18.2 Å². The molecule has 2 unspecified atom stereocenters. The third kappa shape index (κ3) is 4.59. The number of anilines is 1. The fourth-order valence-corrected chi connectivity index (χ4v) is 1.46. The first-order valence-corrected chi connectivity index (χ1v) is 5.33. The van der Waals surface area contributed by atoms with Gasteiger partial charge in [-0.15, -0.1) is 13.2 Å². The molecule has 0 amide bonds. The number of hydrogen-bond acceptors (Lipinski definition) is 5. The van der Waals surface area contributed by atoms with Crippen molar-refractivity contribution >= 4 is 11.7 Å². The van der Waals surface area contributed by atoms with Gasteiger partial charge in [-0.25, -0.2) is 0 Å². The molecule has 1 aromatic rings. The van der Waals surface area contributed by atoms with Crippen molar-refractivity contribution in [3.63, 3.8) is 0 Å². The highest BCUT2D eigenvalue weighted by Gasteiger charge is 2.32. The average molecular weight is 295 g/mol. The van der Waals surface area contributed by atoms with Crippen LogP contribution in [0.2, 0.25) is 0 Å². The molecule has 5 N–H and O–H groups in total. The molecule has 9 heteroatoms. The number of halogens is 3. The van der Waals surface area contributed by atoms with E-state index in [1.807, 2.05) is 0 Å². The number of rotatable bonds is 5. The standard InChI is InChI=1S/C11H12F3NO5/c12-11(13,14)20-8-3-5(1-2-6(8)15)10(19)7(16)4-9(17)18/h1-3,7,10,16,19H,4,15H2,(H,17,18). The lowest BCUT2D eigenvalue weighted by molar-refractivity contribution is -0.274. The first-order valence-electron chi connectivity index (χ1n) is 5.33. The number of alkyl halides is 3. The minimum absolute atomic E-state index is 0.146. The molecule has 0 saturated carbocycles. The average Bonchev–Trinajstić information content (AvgIpc) is 2.28. The van der Waals surface area contributed by atoms with E-state index in [0.717, 1.165) is 18.2 Å². The number of nitrogens with two attached hydrogens (primary N) is 1. The monoisotopic (exact) mass is 295 g/mol. The summed E-state index contributed by atoms with van der Waals surface area (Å²) in [5.41, 5.74) is 4.83. The van der Waals surface area contributed by atoms with E-state index in [2.05, 4.69) is 4.74 Å². The van der Waals surface area contributed by atoms with Crippen molar-refractivity contribution in [2.45, 2.75) is 25.0 Å². The molecular weight excluding hydrogens is 283 g/mol. The maximum atomic E-state index is 12.1. The van der Waals surface area contributed by atoms with Crippen molar-refractivity contribution in [3.05, 3.63) is 23.8 Å². The highest BCUT2D eigenvalue weighted by molar-refractivity contribution is 5.67. The molecule has 0 aliphatic rings. The van der Waals surface area contributed by atoms with E-state index in [9.17, 15) is 28.2 Å². The Morgan fingerprint density at radius 2 is 1.95 bits per heavy atom. The molecule has 2 atom stereocenters. The quantitative estimate of drug-likeness (QED) is 0.604. The minimum Gasteiger partial charge on any atom is -0.481 e. The number of carboxylic acid groups (broad SMARTS) is 1. The van der Waals surface area contributed by atoms with Crippen molar-refractivity contribution in [1.82, 2.24) is 0 Å². The van der Waals surface area contributed by atoms with Gasteiger partial charge in [-0.2, -0.15) is 0 Å². The van der Waals surface area contributed by atoms with Gasteiger partial charge in [-0.05, 0) is 17.7 Å². The second-order valence-electron chi connectivity index (χ2n) is 3.96. The van der Waals surface area contributed by atoms with E-state index in [1.165, 1.54) is 0 Å². The molecule has 0 aliphatic heterocycles. The molecule has 0 fully saturated rings. The molecule has 1 rings (SSSR count). The van der Waals surface area contributed by atoms with Crippen LogP contribution in [0, 0.1) is 0 Å². The van der Waals surface area contributed by atoms with Crippen LogP contribution >= 0.6 is 0 Å². The summed E-state index contributed by atoms with van der Waals surface area (Å²) in [7, 11) is 0. The maximum Gasteiger partial charge on any atom is 0.573 e. The molecule has 112 valence electrons. The minimum atomic E-state index is -4.96. The van der Waals surface area contributed by atoms with E-state index in [0.29, 0.717) is 0 Å². The highest BCUT2D eigenvalue weighted by Crippen LogP contribution is 2.32. The van der Waals surface area contributed by atoms with E-state index in [4.69, 9.17) is 10.8 Å². The molecule has 0 aromatic heterocycles. The smallest absolute Gasteiger partial charge is 0.481 e. The summed E-state index contributed by atoms with van der Waals surface area (Å²) >= 11 is 0. The normalized spacial score (nSPS) is 14.7. The Hall–Kier alpha value is -2.00. The Kier molecular flexibility index (Phi) is 4.79. The van der Waals surface area contributed by atoms with Gasteiger partial charge in [0.25, 0.3) is 0 Å². The molecule has 0 spiro atoms. The molecule has 0 radical (unpaired) electrons. The van der Waals surface area contributed by atoms with Crippen LogP contribution in [-0.4, -0.2) is 33.8 Å². The number of aliphatic hydroxyl groups excluding tert-OH is 2. The van der Waals surface area contributed by atoms with Crippen molar-refractivity contribution in [3.8, 4) is 5.75 Å². The van der Waals surface area contributed by atoms with Crippen LogP contribution in [0.4, 0.5) is 18.9 Å². The molecule has 20 heavy (non-hydrogen) atoms. The Morgan fingerprint density at radius 3 is 2.45 bits per heavy atom. The van der Waals surface area contributed by atoms with Gasteiger partial charge in [0, 0.05) is 0 Å². The van der Waals surface area contributed by atoms with Crippen LogP contribution in [0.1, 0.15) is 18.1 Å². The summed E-state index contributed by atoms with van der Waals surface area (Å²) in [6.45, 7) is 0. The Bertz CT molecular complexity index is 491. The number of benzene rings is 1. The maximum absolute atomic E-state index is 12.1. The Balaban J connectivity index is 2.96. The summed E-state index contributed by atoms with van der Waals surface area (Å²) in [5.74, 6) is -2.10. The van der Waals surface area contributed by atoms with Crippen molar-refractivity contribution in [2.24, 2.45) is 0 Å². The zero-order valence-electron chi connectivity index (χ0n) is 9.96. The van der Waals surface area contributed by atoms with Gasteiger partial charge in [0.2, 0.25) is 0 Å². The second-order valence-corrected chi connectivity index (χ2v) is 3.96. The zero-order chi connectivity index (χ0) is 15.5. The van der Waals surface area contributed by atoms with Crippen LogP contribution in [0.15, 0.2) is 18.2 Å². The highest BCUT2D eigenvalue weighted by atomic mass is 19.4. The summed E-state index contributed by atoms with van der Waals surface area (Å²) in [6, 6.07) is 3.00. The van der Waals surface area contributed by atoms with E-state index in [1.54, 1.807) is 0 Å². The number of aliphatic carboxylic acids is 1. The third-order valence-electron chi connectivity index (χ3n) is 2.35. The van der Waals surface area contributed by atoms with Crippen LogP contribution in [0.3, 0.4) is 0 Å². The molecule has 6 nitrogen and oxygen atoms in total. The molecule has 0 aliphatic carbocycles. The number of carbonyl (C=O) groups is 1. The lowest BCUT2D eigenvalue weighted by Gasteiger charge is -2.18. The van der Waals surface area contributed by atoms with Crippen molar-refractivity contribution in [2.75, 3.05) is 5.73 Å². The number of ether oxygens (including phenoxy) is 1. The second kappa shape index (κ2) is 5.97. The van der Waals surface area contributed by atoms with E-state index < -0.39 is 36.7 Å². The Morgan fingerprint density at radius 1 is 1.35 bits per heavy atom. The van der Waals surface area contributed by atoms with E-state index >= 15 is 0 Å².